The second-order valence-electron chi connectivity index (χ2n) is 7.68. The van der Waals surface area contributed by atoms with Gasteiger partial charge in [0.15, 0.2) is 0 Å². The second-order valence-corrected chi connectivity index (χ2v) is 11.2. The standard InChI is InChI=1S/C22H21BrClN3OSe/c1-10(2)25-15-8-13(23)22(28)20-16(26-11(3)4)9-18-21(19(15)20)27-14-7-12(24)5-6-17(14)29-18/h5-11,25-26H,1-4H3. The molecule has 0 aliphatic carbocycles. The van der Waals surface area contributed by atoms with E-state index in [1.807, 2.05) is 18.2 Å². The van der Waals surface area contributed by atoms with E-state index in [0.717, 1.165) is 32.1 Å². The van der Waals surface area contributed by atoms with Gasteiger partial charge >= 0.3 is 189 Å². The zero-order valence-electron chi connectivity index (χ0n) is 16.6. The van der Waals surface area contributed by atoms with Crippen LogP contribution in [0.4, 0.5) is 11.4 Å². The molecule has 7 heteroatoms. The zero-order valence-corrected chi connectivity index (χ0v) is 20.6. The molecule has 3 aromatic carbocycles. The van der Waals surface area contributed by atoms with Crippen molar-refractivity contribution in [1.82, 2.24) is 4.98 Å². The Bertz CT molecular complexity index is 1320. The van der Waals surface area contributed by atoms with Crippen LogP contribution in [0.5, 0.6) is 0 Å². The first-order chi connectivity index (χ1) is 13.7. The Kier molecular flexibility index (Phi) is 5.64. The van der Waals surface area contributed by atoms with E-state index in [1.54, 1.807) is 0 Å². The van der Waals surface area contributed by atoms with Gasteiger partial charge in [0.2, 0.25) is 0 Å². The van der Waals surface area contributed by atoms with E-state index < -0.39 is 0 Å². The number of nitrogens with zero attached hydrogens (tertiary/aromatic N) is 1. The average molecular weight is 538 g/mol. The maximum atomic E-state index is 13.2. The average Bonchev–Trinajstić information content (AvgIpc) is 2.62. The molecule has 150 valence electrons. The van der Waals surface area contributed by atoms with Crippen LogP contribution in [0.2, 0.25) is 5.02 Å². The van der Waals surface area contributed by atoms with Crippen molar-refractivity contribution < 1.29 is 0 Å². The van der Waals surface area contributed by atoms with Crippen molar-refractivity contribution in [2.24, 2.45) is 0 Å². The van der Waals surface area contributed by atoms with Gasteiger partial charge in [0.1, 0.15) is 0 Å². The maximum absolute atomic E-state index is 13.2. The molecular formula is C22H21BrClN3OSe. The molecule has 0 amide bonds. The van der Waals surface area contributed by atoms with Gasteiger partial charge in [-0.3, -0.25) is 0 Å². The summed E-state index contributed by atoms with van der Waals surface area (Å²) in [5.41, 5.74) is 3.51. The molecular weight excluding hydrogens is 517 g/mol. The van der Waals surface area contributed by atoms with Crippen LogP contribution in [0, 0.1) is 0 Å². The summed E-state index contributed by atoms with van der Waals surface area (Å²) in [7, 11) is 0. The molecule has 0 atom stereocenters. The fraction of sp³-hybridized carbons (Fsp3) is 0.273. The number of nitrogens with one attached hydrogen (secondary N) is 2. The molecule has 0 spiro atoms. The van der Waals surface area contributed by atoms with Crippen molar-refractivity contribution in [3.63, 3.8) is 0 Å². The van der Waals surface area contributed by atoms with Crippen molar-refractivity contribution in [2.45, 2.75) is 39.8 Å². The molecule has 0 saturated heterocycles. The number of hydrogen-bond donors (Lipinski definition) is 2. The fourth-order valence-electron chi connectivity index (χ4n) is 3.47. The topological polar surface area (TPSA) is 54.0 Å². The first-order valence-electron chi connectivity index (χ1n) is 9.47. The summed E-state index contributed by atoms with van der Waals surface area (Å²) < 4.78 is 2.91. The Hall–Kier alpha value is -1.59. The predicted octanol–water partition coefficient (Wildman–Crippen LogP) is 6.01. The van der Waals surface area contributed by atoms with E-state index >= 15 is 0 Å². The molecule has 0 fully saturated rings. The van der Waals surface area contributed by atoms with Crippen molar-refractivity contribution in [3.8, 4) is 0 Å². The number of rotatable bonds is 4. The van der Waals surface area contributed by atoms with E-state index in [9.17, 15) is 4.79 Å². The second kappa shape index (κ2) is 7.92. The Morgan fingerprint density at radius 1 is 0.966 bits per heavy atom. The predicted molar refractivity (Wildman–Crippen MR) is 130 cm³/mol. The number of halogens is 2. The first-order valence-corrected chi connectivity index (χ1v) is 12.4. The van der Waals surface area contributed by atoms with E-state index in [-0.39, 0.29) is 32.0 Å². The summed E-state index contributed by atoms with van der Waals surface area (Å²) in [6, 6.07) is 10.3. The van der Waals surface area contributed by atoms with Gasteiger partial charge < -0.3 is 0 Å². The molecule has 0 bridgehead atoms. The van der Waals surface area contributed by atoms with Crippen molar-refractivity contribution in [2.75, 3.05) is 10.6 Å². The van der Waals surface area contributed by atoms with Crippen LogP contribution in [-0.4, -0.2) is 31.6 Å². The number of aromatic nitrogens is 1. The van der Waals surface area contributed by atoms with Gasteiger partial charge in [0, 0.05) is 0 Å². The Labute approximate surface area is 188 Å². The van der Waals surface area contributed by atoms with E-state index in [1.165, 1.54) is 4.26 Å². The van der Waals surface area contributed by atoms with E-state index in [4.69, 9.17) is 16.6 Å². The van der Waals surface area contributed by atoms with Crippen LogP contribution in [0.15, 0.2) is 39.6 Å². The molecule has 0 unspecified atom stereocenters. The minimum absolute atomic E-state index is 0.0279. The van der Waals surface area contributed by atoms with Crippen molar-refractivity contribution in [3.05, 3.63) is 50.1 Å². The molecule has 2 N–H and O–H groups in total. The normalized spacial score (nSPS) is 11.9. The molecule has 4 rings (SSSR count). The third-order valence-corrected chi connectivity index (χ3v) is 7.63. The molecule has 1 aromatic heterocycles. The van der Waals surface area contributed by atoms with Gasteiger partial charge in [0.25, 0.3) is 0 Å². The minimum atomic E-state index is -0.0279. The Morgan fingerprint density at radius 2 is 1.62 bits per heavy atom. The van der Waals surface area contributed by atoms with Gasteiger partial charge in [-0.1, -0.05) is 0 Å². The quantitative estimate of drug-likeness (QED) is 0.190. The molecule has 4 aromatic rings. The number of fused-ring (bicyclic) bond motifs is 4. The van der Waals surface area contributed by atoms with Gasteiger partial charge in [-0.15, -0.1) is 0 Å². The summed E-state index contributed by atoms with van der Waals surface area (Å²) >= 11 is 9.76. The number of hydrogen-bond acceptors (Lipinski definition) is 4. The third kappa shape index (κ3) is 3.91. The summed E-state index contributed by atoms with van der Waals surface area (Å²) in [6.07, 6.45) is 0. The van der Waals surface area contributed by atoms with Crippen LogP contribution in [-0.2, 0) is 0 Å². The molecule has 0 saturated carbocycles. The molecule has 1 heterocycles. The first kappa shape index (κ1) is 20.7. The summed E-state index contributed by atoms with van der Waals surface area (Å²) in [4.78, 5) is 18.1. The van der Waals surface area contributed by atoms with Gasteiger partial charge in [-0.05, 0) is 0 Å². The molecule has 0 radical (unpaired) electrons. The van der Waals surface area contributed by atoms with Gasteiger partial charge in [0.05, 0.1) is 0 Å². The zero-order chi connectivity index (χ0) is 20.9. The van der Waals surface area contributed by atoms with Crippen molar-refractivity contribution in [1.29, 1.82) is 0 Å². The molecule has 0 aliphatic heterocycles. The number of anilines is 2. The van der Waals surface area contributed by atoms with Gasteiger partial charge in [-0.2, -0.15) is 0 Å². The summed E-state index contributed by atoms with van der Waals surface area (Å²) in [5.74, 6) is 0. The molecule has 29 heavy (non-hydrogen) atoms. The van der Waals surface area contributed by atoms with E-state index in [0.29, 0.717) is 14.9 Å². The monoisotopic (exact) mass is 537 g/mol. The Morgan fingerprint density at radius 3 is 2.28 bits per heavy atom. The van der Waals surface area contributed by atoms with Crippen LogP contribution in [0.1, 0.15) is 27.7 Å². The third-order valence-electron chi connectivity index (χ3n) is 4.51. The van der Waals surface area contributed by atoms with Crippen molar-refractivity contribution >= 4 is 83.7 Å². The number of benzene rings is 3. The van der Waals surface area contributed by atoms with Crippen LogP contribution in [0.25, 0.3) is 30.3 Å². The van der Waals surface area contributed by atoms with Gasteiger partial charge in [-0.25, -0.2) is 0 Å². The molecule has 0 aliphatic rings. The van der Waals surface area contributed by atoms with Crippen LogP contribution in [0.3, 0.4) is 0 Å². The fourth-order valence-corrected chi connectivity index (χ4v) is 6.17. The van der Waals surface area contributed by atoms with Crippen LogP contribution < -0.4 is 16.1 Å². The van der Waals surface area contributed by atoms with E-state index in [2.05, 4.69) is 66.4 Å². The summed E-state index contributed by atoms with van der Waals surface area (Å²) in [5, 5.41) is 9.19. The summed E-state index contributed by atoms with van der Waals surface area (Å²) in [6.45, 7) is 8.33. The molecule has 4 nitrogen and oxygen atoms in total. The SMILES string of the molecule is CC(C)Nc1cc2[se]c3ccc(Cl)cc3nc2c2c(NC(C)C)cc(Br)c(=O)c12. The van der Waals surface area contributed by atoms with Crippen LogP contribution >= 0.6 is 27.5 Å². The Balaban J connectivity index is 2.23.